The summed E-state index contributed by atoms with van der Waals surface area (Å²) in [7, 11) is 3.09. The Morgan fingerprint density at radius 2 is 1.43 bits per heavy atom. The van der Waals surface area contributed by atoms with E-state index in [1.807, 2.05) is 24.3 Å². The van der Waals surface area contributed by atoms with Gasteiger partial charge in [0.1, 0.15) is 0 Å². The zero-order valence-electron chi connectivity index (χ0n) is 7.94. The minimum absolute atomic E-state index is 0.450. The fourth-order valence-corrected chi connectivity index (χ4v) is 1.26. The van der Waals surface area contributed by atoms with Crippen LogP contribution in [0.25, 0.3) is 0 Å². The second kappa shape index (κ2) is 5.02. The van der Waals surface area contributed by atoms with Crippen LogP contribution in [0.2, 0.25) is 0 Å². The van der Waals surface area contributed by atoms with Gasteiger partial charge < -0.3 is 9.47 Å². The molecular weight excluding hydrogens is 216 g/mol. The first-order valence-corrected chi connectivity index (χ1v) is 4.77. The van der Waals surface area contributed by atoms with E-state index in [0.717, 1.165) is 11.1 Å². The topological polar surface area (TPSA) is 18.5 Å². The van der Waals surface area contributed by atoms with Crippen molar-refractivity contribution >= 4 is 34.5 Å². The van der Waals surface area contributed by atoms with Crippen molar-refractivity contribution in [3.05, 3.63) is 35.4 Å². The highest BCUT2D eigenvalue weighted by Crippen LogP contribution is 2.09. The summed E-state index contributed by atoms with van der Waals surface area (Å²) in [5.74, 6) is 0. The van der Waals surface area contributed by atoms with Crippen LogP contribution in [0.3, 0.4) is 0 Å². The lowest BCUT2D eigenvalue weighted by Crippen LogP contribution is -2.04. The Balaban J connectivity index is 3.01. The smallest absolute Gasteiger partial charge is 0.190 e. The summed E-state index contributed by atoms with van der Waals surface area (Å²) in [6, 6.07) is 7.44. The molecule has 0 atom stereocenters. The molecule has 0 N–H and O–H groups in total. The highest BCUT2D eigenvalue weighted by atomic mass is 32.1. The molecule has 0 fully saturated rings. The molecule has 0 unspecified atom stereocenters. The minimum atomic E-state index is 0.450. The van der Waals surface area contributed by atoms with Crippen molar-refractivity contribution in [3.8, 4) is 0 Å². The molecular formula is C10H10O2S2. The van der Waals surface area contributed by atoms with E-state index in [2.05, 4.69) is 0 Å². The Morgan fingerprint density at radius 3 is 1.79 bits per heavy atom. The lowest BCUT2D eigenvalue weighted by atomic mass is 10.1. The van der Waals surface area contributed by atoms with Crippen molar-refractivity contribution < 1.29 is 9.47 Å². The summed E-state index contributed by atoms with van der Waals surface area (Å²) >= 11 is 10.00. The van der Waals surface area contributed by atoms with Crippen LogP contribution in [0.15, 0.2) is 24.3 Å². The molecule has 1 aromatic rings. The van der Waals surface area contributed by atoms with Crippen LogP contribution in [-0.4, -0.2) is 24.3 Å². The lowest BCUT2D eigenvalue weighted by Gasteiger charge is -2.05. The second-order valence-electron chi connectivity index (χ2n) is 2.56. The Kier molecular flexibility index (Phi) is 3.98. The van der Waals surface area contributed by atoms with Gasteiger partial charge in [0.25, 0.3) is 0 Å². The van der Waals surface area contributed by atoms with Gasteiger partial charge in [0, 0.05) is 11.1 Å². The molecule has 4 heteroatoms. The molecule has 0 aromatic heterocycles. The molecule has 2 nitrogen and oxygen atoms in total. The van der Waals surface area contributed by atoms with E-state index < -0.39 is 0 Å². The third-order valence-electron chi connectivity index (χ3n) is 1.70. The summed E-state index contributed by atoms with van der Waals surface area (Å²) in [4.78, 5) is 0. The van der Waals surface area contributed by atoms with Crippen molar-refractivity contribution in [1.29, 1.82) is 0 Å². The van der Waals surface area contributed by atoms with Gasteiger partial charge in [0.2, 0.25) is 0 Å². The molecule has 0 bridgehead atoms. The van der Waals surface area contributed by atoms with Gasteiger partial charge in [-0.3, -0.25) is 0 Å². The van der Waals surface area contributed by atoms with Gasteiger partial charge in [-0.15, -0.1) is 0 Å². The first-order chi connectivity index (χ1) is 6.69. The van der Waals surface area contributed by atoms with Gasteiger partial charge in [0.05, 0.1) is 14.2 Å². The van der Waals surface area contributed by atoms with Crippen molar-refractivity contribution in [2.75, 3.05) is 14.2 Å². The fourth-order valence-electron chi connectivity index (χ4n) is 1.01. The molecule has 0 radical (unpaired) electrons. The average Bonchev–Trinajstić information content (AvgIpc) is 2.27. The van der Waals surface area contributed by atoms with E-state index in [0.29, 0.717) is 10.1 Å². The van der Waals surface area contributed by atoms with Crippen LogP contribution < -0.4 is 0 Å². The number of benzene rings is 1. The number of thiocarbonyl (C=S) groups is 2. The maximum atomic E-state index is 5.00. The molecule has 74 valence electrons. The predicted molar refractivity (Wildman–Crippen MR) is 63.9 cm³/mol. The molecule has 0 saturated carbocycles. The molecule has 1 rings (SSSR count). The Morgan fingerprint density at radius 1 is 1.00 bits per heavy atom. The molecule has 0 aliphatic rings. The number of ether oxygens (including phenoxy) is 2. The molecule has 0 amide bonds. The van der Waals surface area contributed by atoms with E-state index in [1.165, 1.54) is 0 Å². The number of rotatable bonds is 2. The van der Waals surface area contributed by atoms with Crippen LogP contribution in [0.4, 0.5) is 0 Å². The highest BCUT2D eigenvalue weighted by Gasteiger charge is 2.04. The third kappa shape index (κ3) is 2.49. The Hall–Kier alpha value is -1.00. The predicted octanol–water partition coefficient (Wildman–Crippen LogP) is 2.33. The number of hydrogen-bond acceptors (Lipinski definition) is 4. The molecule has 0 heterocycles. The van der Waals surface area contributed by atoms with Gasteiger partial charge in [-0.2, -0.15) is 0 Å². The zero-order chi connectivity index (χ0) is 10.6. The normalized spacial score (nSPS) is 9.29. The molecule has 14 heavy (non-hydrogen) atoms. The SMILES string of the molecule is COC(=S)c1cccc(C(=S)OC)c1. The second-order valence-corrected chi connectivity index (χ2v) is 3.31. The first kappa shape index (κ1) is 11.1. The van der Waals surface area contributed by atoms with Crippen molar-refractivity contribution in [2.24, 2.45) is 0 Å². The molecule has 0 aliphatic carbocycles. The highest BCUT2D eigenvalue weighted by molar-refractivity contribution is 7.80. The van der Waals surface area contributed by atoms with Gasteiger partial charge in [-0.1, -0.05) is 18.2 Å². The van der Waals surface area contributed by atoms with E-state index in [4.69, 9.17) is 33.9 Å². The monoisotopic (exact) mass is 226 g/mol. The average molecular weight is 226 g/mol. The third-order valence-corrected chi connectivity index (χ3v) is 2.51. The van der Waals surface area contributed by atoms with Gasteiger partial charge >= 0.3 is 0 Å². The van der Waals surface area contributed by atoms with E-state index in [-0.39, 0.29) is 0 Å². The minimum Gasteiger partial charge on any atom is -0.486 e. The molecule has 0 spiro atoms. The van der Waals surface area contributed by atoms with Crippen LogP contribution in [0, 0.1) is 0 Å². The summed E-state index contributed by atoms with van der Waals surface area (Å²) < 4.78 is 9.90. The Bertz CT molecular complexity index is 330. The van der Waals surface area contributed by atoms with Crippen LogP contribution in [0.5, 0.6) is 0 Å². The van der Waals surface area contributed by atoms with Crippen molar-refractivity contribution in [3.63, 3.8) is 0 Å². The van der Waals surface area contributed by atoms with Crippen LogP contribution in [0.1, 0.15) is 11.1 Å². The quantitative estimate of drug-likeness (QED) is 0.720. The zero-order valence-corrected chi connectivity index (χ0v) is 9.58. The summed E-state index contributed by atoms with van der Waals surface area (Å²) in [5, 5.41) is 0.900. The fraction of sp³-hybridized carbons (Fsp3) is 0.200. The molecule has 0 aliphatic heterocycles. The standard InChI is InChI=1S/C10H10O2S2/c1-11-9(13)7-4-3-5-8(6-7)10(14)12-2/h3-6H,1-2H3. The lowest BCUT2D eigenvalue weighted by molar-refractivity contribution is 0.414. The largest absolute Gasteiger partial charge is 0.486 e. The van der Waals surface area contributed by atoms with Crippen LogP contribution >= 0.6 is 24.4 Å². The molecule has 0 saturated heterocycles. The van der Waals surface area contributed by atoms with Crippen molar-refractivity contribution in [2.45, 2.75) is 0 Å². The maximum Gasteiger partial charge on any atom is 0.190 e. The Labute approximate surface area is 93.8 Å². The molecule has 1 aromatic carbocycles. The van der Waals surface area contributed by atoms with Gasteiger partial charge in [0.15, 0.2) is 10.1 Å². The summed E-state index contributed by atoms with van der Waals surface area (Å²) in [6.45, 7) is 0. The maximum absolute atomic E-state index is 5.00. The van der Waals surface area contributed by atoms with E-state index >= 15 is 0 Å². The number of methoxy groups -OCH3 is 2. The van der Waals surface area contributed by atoms with Gasteiger partial charge in [-0.05, 0) is 30.5 Å². The number of hydrogen-bond donors (Lipinski definition) is 0. The van der Waals surface area contributed by atoms with E-state index in [1.54, 1.807) is 14.2 Å². The first-order valence-electron chi connectivity index (χ1n) is 3.95. The van der Waals surface area contributed by atoms with Gasteiger partial charge in [-0.25, -0.2) is 0 Å². The summed E-state index contributed by atoms with van der Waals surface area (Å²) in [6.07, 6.45) is 0. The van der Waals surface area contributed by atoms with Crippen LogP contribution in [-0.2, 0) is 9.47 Å². The van der Waals surface area contributed by atoms with Crippen molar-refractivity contribution in [1.82, 2.24) is 0 Å². The summed E-state index contributed by atoms with van der Waals surface area (Å²) in [5.41, 5.74) is 1.67. The van der Waals surface area contributed by atoms with E-state index in [9.17, 15) is 0 Å².